The van der Waals surface area contributed by atoms with Crippen LogP contribution in [0.25, 0.3) is 0 Å². The molecule has 3 N–H and O–H groups in total. The van der Waals surface area contributed by atoms with Gasteiger partial charge in [-0.25, -0.2) is 0 Å². The Hall–Kier alpha value is -0.120. The summed E-state index contributed by atoms with van der Waals surface area (Å²) < 4.78 is 0. The lowest BCUT2D eigenvalue weighted by molar-refractivity contribution is -0.0601. The molecule has 0 fully saturated rings. The van der Waals surface area contributed by atoms with E-state index in [1.165, 1.54) is 0 Å². The van der Waals surface area contributed by atoms with E-state index in [2.05, 4.69) is 0 Å². The Bertz CT molecular complexity index is 67.3. The molecule has 0 aromatic carbocycles. The van der Waals surface area contributed by atoms with Gasteiger partial charge in [0.05, 0.1) is 0 Å². The molecule has 8 heavy (non-hydrogen) atoms. The Morgan fingerprint density at radius 2 is 1.75 bits per heavy atom. The first-order chi connectivity index (χ1) is 3.48. The molecule has 0 aliphatic heterocycles. The number of hydrogen-bond acceptors (Lipinski definition) is 3. The van der Waals surface area contributed by atoms with Crippen LogP contribution in [0.5, 0.6) is 0 Å². The zero-order valence-electron chi connectivity index (χ0n) is 5.47. The van der Waals surface area contributed by atoms with E-state index >= 15 is 0 Å². The van der Waals surface area contributed by atoms with E-state index in [1.54, 1.807) is 5.48 Å². The lowest BCUT2D eigenvalue weighted by Crippen LogP contribution is -2.37. The minimum atomic E-state index is -0.845. The second kappa shape index (κ2) is 2.44. The second-order valence-corrected chi connectivity index (χ2v) is 2.90. The van der Waals surface area contributed by atoms with Gasteiger partial charge >= 0.3 is 0 Å². The van der Waals surface area contributed by atoms with Crippen LogP contribution in [0.3, 0.4) is 0 Å². The predicted octanol–water partition coefficient (Wildman–Crippen LogP) is 0.330. The molecule has 3 nitrogen and oxygen atoms in total. The van der Waals surface area contributed by atoms with Crippen LogP contribution in [0.2, 0.25) is 0 Å². The van der Waals surface area contributed by atoms with Crippen LogP contribution in [0.15, 0.2) is 0 Å². The molecule has 0 amide bonds. The molecule has 0 radical (unpaired) electrons. The first kappa shape index (κ1) is 7.88. The van der Waals surface area contributed by atoms with Gasteiger partial charge in [-0.3, -0.25) is 0 Å². The van der Waals surface area contributed by atoms with E-state index in [0.29, 0.717) is 0 Å². The molecule has 0 saturated heterocycles. The van der Waals surface area contributed by atoms with Crippen molar-refractivity contribution in [1.82, 2.24) is 5.48 Å². The van der Waals surface area contributed by atoms with Gasteiger partial charge in [0.1, 0.15) is 6.23 Å². The van der Waals surface area contributed by atoms with E-state index in [9.17, 15) is 0 Å². The summed E-state index contributed by atoms with van der Waals surface area (Å²) in [6.07, 6.45) is -0.845. The van der Waals surface area contributed by atoms with Gasteiger partial charge < -0.3 is 10.3 Å². The standard InChI is InChI=1S/C5H13NO2/c1-5(2,3)4(7)6-8/h4,6-8H,1-3H3. The zero-order chi connectivity index (χ0) is 6.78. The smallest absolute Gasteiger partial charge is 0.131 e. The third-order valence-corrected chi connectivity index (χ3v) is 0.943. The van der Waals surface area contributed by atoms with Crippen molar-refractivity contribution in [2.75, 3.05) is 0 Å². The Balaban J connectivity index is 3.62. The molecule has 0 aliphatic carbocycles. The maximum absolute atomic E-state index is 8.83. The second-order valence-electron chi connectivity index (χ2n) is 2.90. The Kier molecular flexibility index (Phi) is 2.40. The summed E-state index contributed by atoms with van der Waals surface area (Å²) in [4.78, 5) is 0. The number of hydroxylamine groups is 1. The van der Waals surface area contributed by atoms with Gasteiger partial charge in [-0.2, -0.15) is 5.48 Å². The summed E-state index contributed by atoms with van der Waals surface area (Å²) in [5.41, 5.74) is 1.46. The normalized spacial score (nSPS) is 16.1. The Morgan fingerprint density at radius 3 is 1.75 bits per heavy atom. The number of rotatable bonds is 1. The molecule has 1 atom stereocenters. The van der Waals surface area contributed by atoms with E-state index in [-0.39, 0.29) is 5.41 Å². The van der Waals surface area contributed by atoms with Crippen molar-refractivity contribution in [2.45, 2.75) is 27.0 Å². The maximum atomic E-state index is 8.83. The summed E-state index contributed by atoms with van der Waals surface area (Å²) in [5, 5.41) is 17.0. The first-order valence-corrected chi connectivity index (χ1v) is 2.56. The summed E-state index contributed by atoms with van der Waals surface area (Å²) in [6, 6.07) is 0. The average Bonchev–Trinajstić information content (AvgIpc) is 1.62. The molecular weight excluding hydrogens is 106 g/mol. The van der Waals surface area contributed by atoms with Gasteiger partial charge in [-0.1, -0.05) is 20.8 Å². The third kappa shape index (κ3) is 2.26. The Morgan fingerprint density at radius 1 is 1.38 bits per heavy atom. The summed E-state index contributed by atoms with van der Waals surface area (Å²) >= 11 is 0. The molecule has 3 heteroatoms. The van der Waals surface area contributed by atoms with Crippen LogP contribution in [-0.2, 0) is 0 Å². The highest BCUT2D eigenvalue weighted by atomic mass is 16.5. The minimum Gasteiger partial charge on any atom is -0.376 e. The summed E-state index contributed by atoms with van der Waals surface area (Å²) in [6.45, 7) is 5.46. The van der Waals surface area contributed by atoms with Gasteiger partial charge in [-0.05, 0) is 0 Å². The first-order valence-electron chi connectivity index (χ1n) is 2.56. The molecule has 0 aromatic heterocycles. The molecule has 0 rings (SSSR count). The highest BCUT2D eigenvalue weighted by molar-refractivity contribution is 4.66. The maximum Gasteiger partial charge on any atom is 0.131 e. The molecule has 50 valence electrons. The molecule has 0 aromatic rings. The van der Waals surface area contributed by atoms with Gasteiger partial charge in [0, 0.05) is 5.41 Å². The van der Waals surface area contributed by atoms with E-state index in [4.69, 9.17) is 10.3 Å². The minimum absolute atomic E-state index is 0.297. The van der Waals surface area contributed by atoms with Gasteiger partial charge in [0.25, 0.3) is 0 Å². The van der Waals surface area contributed by atoms with Crippen LogP contribution in [0.1, 0.15) is 20.8 Å². The van der Waals surface area contributed by atoms with Crippen LogP contribution in [0.4, 0.5) is 0 Å². The van der Waals surface area contributed by atoms with Crippen molar-refractivity contribution in [1.29, 1.82) is 0 Å². The predicted molar refractivity (Wildman–Crippen MR) is 30.4 cm³/mol. The fourth-order valence-corrected chi connectivity index (χ4v) is 0.194. The lowest BCUT2D eigenvalue weighted by atomic mass is 9.95. The number of hydrogen-bond donors (Lipinski definition) is 3. The molecule has 0 heterocycles. The van der Waals surface area contributed by atoms with Crippen molar-refractivity contribution in [3.8, 4) is 0 Å². The zero-order valence-corrected chi connectivity index (χ0v) is 5.47. The van der Waals surface area contributed by atoms with E-state index in [0.717, 1.165) is 0 Å². The van der Waals surface area contributed by atoms with Gasteiger partial charge in [0.2, 0.25) is 0 Å². The van der Waals surface area contributed by atoms with Crippen molar-refractivity contribution in [2.24, 2.45) is 5.41 Å². The number of nitrogens with one attached hydrogen (secondary N) is 1. The molecule has 0 spiro atoms. The number of aliphatic hydroxyl groups is 1. The molecule has 0 aliphatic rings. The molecule has 0 saturated carbocycles. The van der Waals surface area contributed by atoms with Gasteiger partial charge in [0.15, 0.2) is 0 Å². The quantitative estimate of drug-likeness (QED) is 0.344. The van der Waals surface area contributed by atoms with Crippen LogP contribution in [-0.4, -0.2) is 16.5 Å². The summed E-state index contributed by atoms with van der Waals surface area (Å²) in [5.74, 6) is 0. The van der Waals surface area contributed by atoms with Crippen molar-refractivity contribution in [3.63, 3.8) is 0 Å². The topological polar surface area (TPSA) is 52.5 Å². The van der Waals surface area contributed by atoms with Crippen molar-refractivity contribution < 1.29 is 10.3 Å². The fourth-order valence-electron chi connectivity index (χ4n) is 0.194. The van der Waals surface area contributed by atoms with Crippen LogP contribution in [0, 0.1) is 5.41 Å². The fraction of sp³-hybridized carbons (Fsp3) is 1.00. The largest absolute Gasteiger partial charge is 0.376 e. The highest BCUT2D eigenvalue weighted by Gasteiger charge is 2.20. The van der Waals surface area contributed by atoms with Gasteiger partial charge in [-0.15, -0.1) is 0 Å². The Labute approximate surface area is 49.3 Å². The summed E-state index contributed by atoms with van der Waals surface area (Å²) in [7, 11) is 0. The van der Waals surface area contributed by atoms with E-state index < -0.39 is 6.23 Å². The number of aliphatic hydroxyl groups excluding tert-OH is 1. The molecule has 0 bridgehead atoms. The average molecular weight is 119 g/mol. The van der Waals surface area contributed by atoms with Crippen LogP contribution >= 0.6 is 0 Å². The monoisotopic (exact) mass is 119 g/mol. The SMILES string of the molecule is CC(C)(C)C(O)NO. The third-order valence-electron chi connectivity index (χ3n) is 0.943. The lowest BCUT2D eigenvalue weighted by Gasteiger charge is -2.23. The van der Waals surface area contributed by atoms with Crippen molar-refractivity contribution in [3.05, 3.63) is 0 Å². The molecular formula is C5H13NO2. The van der Waals surface area contributed by atoms with E-state index in [1.807, 2.05) is 20.8 Å². The molecule has 1 unspecified atom stereocenters. The van der Waals surface area contributed by atoms with Crippen molar-refractivity contribution >= 4 is 0 Å². The van der Waals surface area contributed by atoms with Crippen LogP contribution < -0.4 is 5.48 Å². The highest BCUT2D eigenvalue weighted by Crippen LogP contribution is 2.15.